The van der Waals surface area contributed by atoms with E-state index < -0.39 is 0 Å². The van der Waals surface area contributed by atoms with E-state index in [0.29, 0.717) is 42.7 Å². The van der Waals surface area contributed by atoms with Crippen LogP contribution in [-0.2, 0) is 7.05 Å². The molecule has 1 atom stereocenters. The molecule has 1 aromatic carbocycles. The van der Waals surface area contributed by atoms with Crippen molar-refractivity contribution in [2.75, 3.05) is 20.2 Å². The molecular weight excluding hydrogens is 377 g/mol. The van der Waals surface area contributed by atoms with E-state index in [4.69, 9.17) is 9.47 Å². The number of hydrogen-bond donors (Lipinski definition) is 0. The number of hydrogen-bond acceptors (Lipinski definition) is 6. The number of methoxy groups -OCH3 is 1. The van der Waals surface area contributed by atoms with E-state index in [-0.39, 0.29) is 17.8 Å². The Hall–Kier alpha value is -3.49. The van der Waals surface area contributed by atoms with E-state index in [1.165, 1.54) is 31.6 Å². The molecule has 0 radical (unpaired) electrons. The van der Waals surface area contributed by atoms with Crippen LogP contribution in [0.1, 0.15) is 16.9 Å². The molecule has 1 aliphatic rings. The molecule has 0 N–H and O–H groups in total. The molecule has 29 heavy (non-hydrogen) atoms. The van der Waals surface area contributed by atoms with E-state index in [2.05, 4.69) is 15.1 Å². The van der Waals surface area contributed by atoms with Gasteiger partial charge < -0.3 is 14.4 Å². The quantitative estimate of drug-likeness (QED) is 0.657. The molecule has 0 aliphatic carbocycles. The molecule has 3 aromatic rings. The Morgan fingerprint density at radius 1 is 1.17 bits per heavy atom. The fourth-order valence-corrected chi connectivity index (χ4v) is 3.29. The predicted octanol–water partition coefficient (Wildman–Crippen LogP) is 2.32. The van der Waals surface area contributed by atoms with Gasteiger partial charge in [0.05, 0.1) is 19.3 Å². The number of ether oxygens (including phenoxy) is 2. The molecule has 1 fully saturated rings. The van der Waals surface area contributed by atoms with Gasteiger partial charge in [0, 0.05) is 38.0 Å². The molecule has 1 saturated heterocycles. The lowest BCUT2D eigenvalue weighted by atomic mass is 10.1. The largest absolute Gasteiger partial charge is 0.477 e. The van der Waals surface area contributed by atoms with Crippen LogP contribution in [0.4, 0.5) is 4.39 Å². The fraction of sp³-hybridized carbons (Fsp3) is 0.300. The maximum Gasteiger partial charge on any atom is 0.278 e. The van der Waals surface area contributed by atoms with Crippen molar-refractivity contribution in [3.63, 3.8) is 0 Å². The average Bonchev–Trinajstić information content (AvgIpc) is 3.35. The van der Waals surface area contributed by atoms with Crippen LogP contribution in [0.2, 0.25) is 0 Å². The van der Waals surface area contributed by atoms with Crippen molar-refractivity contribution in [3.8, 4) is 23.0 Å². The number of nitrogens with zero attached hydrogens (tertiary/aromatic N) is 5. The van der Waals surface area contributed by atoms with Gasteiger partial charge in [-0.3, -0.25) is 9.48 Å². The van der Waals surface area contributed by atoms with Gasteiger partial charge in [0.1, 0.15) is 17.6 Å². The zero-order valence-electron chi connectivity index (χ0n) is 16.1. The van der Waals surface area contributed by atoms with Crippen molar-refractivity contribution >= 4 is 5.91 Å². The maximum atomic E-state index is 13.1. The highest BCUT2D eigenvalue weighted by molar-refractivity contribution is 5.94. The summed E-state index contributed by atoms with van der Waals surface area (Å²) in [4.78, 5) is 22.9. The van der Waals surface area contributed by atoms with Gasteiger partial charge in [0.25, 0.3) is 17.7 Å². The Kier molecular flexibility index (Phi) is 5.11. The monoisotopic (exact) mass is 397 g/mol. The second kappa shape index (κ2) is 7.86. The first-order valence-electron chi connectivity index (χ1n) is 9.16. The minimum Gasteiger partial charge on any atom is -0.477 e. The summed E-state index contributed by atoms with van der Waals surface area (Å²) in [5.41, 5.74) is 1.83. The van der Waals surface area contributed by atoms with Gasteiger partial charge in [-0.1, -0.05) is 0 Å². The minimum atomic E-state index is -0.316. The number of carbonyl (C=O) groups is 1. The van der Waals surface area contributed by atoms with Crippen LogP contribution in [0.5, 0.6) is 11.8 Å². The van der Waals surface area contributed by atoms with Crippen molar-refractivity contribution in [1.82, 2.24) is 24.6 Å². The zero-order chi connectivity index (χ0) is 20.4. The third-order valence-corrected chi connectivity index (χ3v) is 4.78. The van der Waals surface area contributed by atoms with E-state index in [1.807, 2.05) is 0 Å². The van der Waals surface area contributed by atoms with Gasteiger partial charge in [0.2, 0.25) is 0 Å². The third kappa shape index (κ3) is 3.89. The lowest BCUT2D eigenvalue weighted by molar-refractivity contribution is 0.0759. The van der Waals surface area contributed by atoms with E-state index in [1.54, 1.807) is 34.8 Å². The Bertz CT molecular complexity index is 1020. The average molecular weight is 397 g/mol. The van der Waals surface area contributed by atoms with Crippen molar-refractivity contribution in [1.29, 1.82) is 0 Å². The number of amides is 1. The van der Waals surface area contributed by atoms with Gasteiger partial charge in [0.15, 0.2) is 0 Å². The standard InChI is InChI=1S/C20H20FN5O3/c1-25-17(11-16(24-25)13-3-5-14(21)6-4-13)20(27)26-10-7-15(12-26)29-19-18(28-2)22-8-9-23-19/h3-6,8-9,11,15H,7,10,12H2,1-2H3. The SMILES string of the molecule is COc1nccnc1OC1CCN(C(=O)c2cc(-c3ccc(F)cc3)nn2C)C1. The first-order chi connectivity index (χ1) is 14.0. The Morgan fingerprint density at radius 3 is 2.62 bits per heavy atom. The summed E-state index contributed by atoms with van der Waals surface area (Å²) in [6.45, 7) is 0.985. The summed E-state index contributed by atoms with van der Waals surface area (Å²) in [7, 11) is 3.22. The number of halogens is 1. The Labute approximate surface area is 166 Å². The fourth-order valence-electron chi connectivity index (χ4n) is 3.29. The Balaban J connectivity index is 1.46. The number of benzene rings is 1. The van der Waals surface area contributed by atoms with E-state index in [9.17, 15) is 9.18 Å². The first kappa shape index (κ1) is 18.9. The second-order valence-corrected chi connectivity index (χ2v) is 6.70. The predicted molar refractivity (Wildman–Crippen MR) is 102 cm³/mol. The van der Waals surface area contributed by atoms with Crippen molar-refractivity contribution in [2.24, 2.45) is 7.05 Å². The Morgan fingerprint density at radius 2 is 1.90 bits per heavy atom. The summed E-state index contributed by atoms with van der Waals surface area (Å²) in [6.07, 6.45) is 3.53. The highest BCUT2D eigenvalue weighted by Crippen LogP contribution is 2.25. The number of carbonyl (C=O) groups excluding carboxylic acids is 1. The molecule has 150 valence electrons. The molecule has 8 nitrogen and oxygen atoms in total. The number of aryl methyl sites for hydroxylation is 1. The smallest absolute Gasteiger partial charge is 0.278 e. The lowest BCUT2D eigenvalue weighted by Crippen LogP contribution is -2.32. The van der Waals surface area contributed by atoms with Crippen molar-refractivity contribution < 1.29 is 18.7 Å². The van der Waals surface area contributed by atoms with Crippen LogP contribution in [0.25, 0.3) is 11.3 Å². The first-order valence-corrected chi connectivity index (χ1v) is 9.16. The molecular formula is C20H20FN5O3. The molecule has 2 aromatic heterocycles. The van der Waals surface area contributed by atoms with Gasteiger partial charge in [-0.2, -0.15) is 5.10 Å². The molecule has 1 aliphatic heterocycles. The summed E-state index contributed by atoms with van der Waals surface area (Å²) < 4.78 is 25.7. The van der Waals surface area contributed by atoms with E-state index in [0.717, 1.165) is 5.56 Å². The minimum absolute atomic E-state index is 0.134. The van der Waals surface area contributed by atoms with Crippen LogP contribution in [0, 0.1) is 5.82 Å². The van der Waals surface area contributed by atoms with Crippen LogP contribution in [-0.4, -0.2) is 56.9 Å². The third-order valence-electron chi connectivity index (χ3n) is 4.78. The number of aromatic nitrogens is 4. The molecule has 1 unspecified atom stereocenters. The highest BCUT2D eigenvalue weighted by Gasteiger charge is 2.31. The van der Waals surface area contributed by atoms with Crippen molar-refractivity contribution in [3.05, 3.63) is 54.2 Å². The van der Waals surface area contributed by atoms with Crippen LogP contribution >= 0.6 is 0 Å². The normalized spacial score (nSPS) is 16.1. The maximum absolute atomic E-state index is 13.1. The molecule has 3 heterocycles. The molecule has 4 rings (SSSR count). The van der Waals surface area contributed by atoms with E-state index >= 15 is 0 Å². The molecule has 0 bridgehead atoms. The molecule has 0 spiro atoms. The van der Waals surface area contributed by atoms with Crippen LogP contribution < -0.4 is 9.47 Å². The number of rotatable bonds is 5. The second-order valence-electron chi connectivity index (χ2n) is 6.70. The van der Waals surface area contributed by atoms with Crippen LogP contribution in [0.15, 0.2) is 42.7 Å². The number of likely N-dealkylation sites (tertiary alicyclic amines) is 1. The summed E-state index contributed by atoms with van der Waals surface area (Å²) >= 11 is 0. The lowest BCUT2D eigenvalue weighted by Gasteiger charge is -2.17. The summed E-state index contributed by atoms with van der Waals surface area (Å²) in [6, 6.07) is 7.73. The van der Waals surface area contributed by atoms with Gasteiger partial charge in [-0.15, -0.1) is 0 Å². The van der Waals surface area contributed by atoms with Crippen molar-refractivity contribution in [2.45, 2.75) is 12.5 Å². The van der Waals surface area contributed by atoms with Gasteiger partial charge >= 0.3 is 0 Å². The molecule has 1 amide bonds. The van der Waals surface area contributed by atoms with Crippen LogP contribution in [0.3, 0.4) is 0 Å². The summed E-state index contributed by atoms with van der Waals surface area (Å²) in [5, 5.41) is 4.39. The van der Waals surface area contributed by atoms with Gasteiger partial charge in [-0.05, 0) is 30.3 Å². The molecule has 9 heteroatoms. The zero-order valence-corrected chi connectivity index (χ0v) is 16.1. The summed E-state index contributed by atoms with van der Waals surface area (Å²) in [5.74, 6) is 0.177. The topological polar surface area (TPSA) is 82.4 Å². The van der Waals surface area contributed by atoms with Gasteiger partial charge in [-0.25, -0.2) is 14.4 Å². The highest BCUT2D eigenvalue weighted by atomic mass is 19.1. The molecule has 0 saturated carbocycles.